The summed E-state index contributed by atoms with van der Waals surface area (Å²) in [4.78, 5) is 27.4. The van der Waals surface area contributed by atoms with Crippen LogP contribution < -0.4 is 10.1 Å². The molecule has 142 valence electrons. The zero-order chi connectivity index (χ0) is 18.9. The molecule has 1 aromatic carbocycles. The SMILES string of the molecule is CCC(C)(C)NC(=O)[C@H]1OCC(=O)N(C2CC2)[C@@H]1c1ccc(OC)cc1. The number of rotatable bonds is 6. The fourth-order valence-electron chi connectivity index (χ4n) is 3.26. The molecule has 0 unspecified atom stereocenters. The number of methoxy groups -OCH3 is 1. The maximum Gasteiger partial charge on any atom is 0.252 e. The van der Waals surface area contributed by atoms with Crippen molar-refractivity contribution in [3.05, 3.63) is 29.8 Å². The normalized spacial score (nSPS) is 23.7. The summed E-state index contributed by atoms with van der Waals surface area (Å²) in [5, 5.41) is 3.07. The van der Waals surface area contributed by atoms with Gasteiger partial charge in [-0.15, -0.1) is 0 Å². The van der Waals surface area contributed by atoms with Crippen LogP contribution in [-0.2, 0) is 14.3 Å². The third-order valence-corrected chi connectivity index (χ3v) is 5.26. The predicted molar refractivity (Wildman–Crippen MR) is 97.9 cm³/mol. The largest absolute Gasteiger partial charge is 0.497 e. The van der Waals surface area contributed by atoms with E-state index < -0.39 is 12.1 Å². The third kappa shape index (κ3) is 3.85. The van der Waals surface area contributed by atoms with Crippen LogP contribution in [0.4, 0.5) is 0 Å². The van der Waals surface area contributed by atoms with Crippen LogP contribution in [0.5, 0.6) is 5.75 Å². The van der Waals surface area contributed by atoms with Crippen molar-refractivity contribution in [2.24, 2.45) is 0 Å². The van der Waals surface area contributed by atoms with Crippen molar-refractivity contribution in [2.75, 3.05) is 13.7 Å². The quantitative estimate of drug-likeness (QED) is 0.846. The Bertz CT molecular complexity index is 667. The Labute approximate surface area is 154 Å². The molecule has 0 aromatic heterocycles. The van der Waals surface area contributed by atoms with E-state index >= 15 is 0 Å². The number of carbonyl (C=O) groups is 2. The van der Waals surface area contributed by atoms with Gasteiger partial charge in [0, 0.05) is 11.6 Å². The second-order valence-corrected chi connectivity index (χ2v) is 7.71. The molecule has 0 spiro atoms. The van der Waals surface area contributed by atoms with Gasteiger partial charge in [-0.3, -0.25) is 9.59 Å². The van der Waals surface area contributed by atoms with Crippen molar-refractivity contribution in [1.29, 1.82) is 0 Å². The topological polar surface area (TPSA) is 67.9 Å². The smallest absolute Gasteiger partial charge is 0.252 e. The van der Waals surface area contributed by atoms with Crippen molar-refractivity contribution in [1.82, 2.24) is 10.2 Å². The van der Waals surface area contributed by atoms with Gasteiger partial charge in [-0.2, -0.15) is 0 Å². The van der Waals surface area contributed by atoms with Gasteiger partial charge in [-0.1, -0.05) is 19.1 Å². The van der Waals surface area contributed by atoms with Crippen molar-refractivity contribution in [3.63, 3.8) is 0 Å². The van der Waals surface area contributed by atoms with E-state index in [-0.39, 0.29) is 30.0 Å². The lowest BCUT2D eigenvalue weighted by molar-refractivity contribution is -0.166. The van der Waals surface area contributed by atoms with Crippen LogP contribution in [0.15, 0.2) is 24.3 Å². The first kappa shape index (κ1) is 18.7. The highest BCUT2D eigenvalue weighted by Crippen LogP contribution is 2.40. The Kier molecular flexibility index (Phi) is 5.23. The monoisotopic (exact) mass is 360 g/mol. The lowest BCUT2D eigenvalue weighted by Crippen LogP contribution is -2.57. The van der Waals surface area contributed by atoms with Gasteiger partial charge in [0.1, 0.15) is 12.4 Å². The summed E-state index contributed by atoms with van der Waals surface area (Å²) in [5.41, 5.74) is 0.566. The maximum atomic E-state index is 13.0. The molecule has 2 atom stereocenters. The van der Waals surface area contributed by atoms with E-state index in [0.717, 1.165) is 30.6 Å². The van der Waals surface area contributed by atoms with Crippen molar-refractivity contribution in [2.45, 2.75) is 63.8 Å². The standard InChI is InChI=1S/C20H28N2O4/c1-5-20(2,3)21-19(24)18-17(13-6-10-15(25-4)11-7-13)22(14-8-9-14)16(23)12-26-18/h6-7,10-11,14,17-18H,5,8-9,12H2,1-4H3,(H,21,24)/t17-,18+/m1/s1. The number of nitrogens with one attached hydrogen (secondary N) is 1. The molecule has 2 amide bonds. The first-order valence-electron chi connectivity index (χ1n) is 9.25. The summed E-state index contributed by atoms with van der Waals surface area (Å²) < 4.78 is 11.0. The molecule has 1 aliphatic heterocycles. The Morgan fingerprint density at radius 2 is 1.96 bits per heavy atom. The average Bonchev–Trinajstić information content (AvgIpc) is 3.46. The summed E-state index contributed by atoms with van der Waals surface area (Å²) in [6.45, 7) is 5.95. The van der Waals surface area contributed by atoms with Crippen LogP contribution in [-0.4, -0.2) is 48.1 Å². The predicted octanol–water partition coefficient (Wildman–Crippen LogP) is 2.43. The van der Waals surface area contributed by atoms with Crippen LogP contribution in [0.1, 0.15) is 51.6 Å². The second-order valence-electron chi connectivity index (χ2n) is 7.71. The van der Waals surface area contributed by atoms with Crippen LogP contribution in [0.25, 0.3) is 0 Å². The molecule has 1 heterocycles. The summed E-state index contributed by atoms with van der Waals surface area (Å²) in [6, 6.07) is 7.31. The molecule has 1 aromatic rings. The number of hydrogen-bond donors (Lipinski definition) is 1. The number of amides is 2. The second kappa shape index (κ2) is 7.27. The minimum absolute atomic E-state index is 0.0478. The zero-order valence-electron chi connectivity index (χ0n) is 16.0. The Balaban J connectivity index is 1.92. The van der Waals surface area contributed by atoms with Gasteiger partial charge in [0.25, 0.3) is 5.91 Å². The zero-order valence-corrected chi connectivity index (χ0v) is 16.0. The van der Waals surface area contributed by atoms with Crippen molar-refractivity contribution >= 4 is 11.8 Å². The molecule has 1 aliphatic carbocycles. The average molecular weight is 360 g/mol. The number of benzene rings is 1. The Morgan fingerprint density at radius 3 is 2.50 bits per heavy atom. The molecule has 1 N–H and O–H groups in total. The van der Waals surface area contributed by atoms with E-state index in [1.54, 1.807) is 7.11 Å². The van der Waals surface area contributed by atoms with Crippen LogP contribution in [0.3, 0.4) is 0 Å². The molecule has 1 saturated carbocycles. The van der Waals surface area contributed by atoms with E-state index in [1.807, 2.05) is 49.9 Å². The van der Waals surface area contributed by atoms with E-state index in [0.29, 0.717) is 0 Å². The van der Waals surface area contributed by atoms with Crippen LogP contribution in [0, 0.1) is 0 Å². The fourth-order valence-corrected chi connectivity index (χ4v) is 3.26. The number of morpholine rings is 1. The van der Waals surface area contributed by atoms with Crippen LogP contribution in [0.2, 0.25) is 0 Å². The first-order valence-corrected chi connectivity index (χ1v) is 9.25. The van der Waals surface area contributed by atoms with Crippen LogP contribution >= 0.6 is 0 Å². The van der Waals surface area contributed by atoms with Crippen molar-refractivity contribution in [3.8, 4) is 5.75 Å². The number of nitrogens with zero attached hydrogens (tertiary/aromatic N) is 1. The third-order valence-electron chi connectivity index (χ3n) is 5.26. The first-order chi connectivity index (χ1) is 12.4. The minimum Gasteiger partial charge on any atom is -0.497 e. The van der Waals surface area contributed by atoms with Crippen molar-refractivity contribution < 1.29 is 19.1 Å². The lowest BCUT2D eigenvalue weighted by atomic mass is 9.95. The highest BCUT2D eigenvalue weighted by molar-refractivity contribution is 5.87. The van der Waals surface area contributed by atoms with Gasteiger partial charge >= 0.3 is 0 Å². The van der Waals surface area contributed by atoms with E-state index in [1.165, 1.54) is 0 Å². The summed E-state index contributed by atoms with van der Waals surface area (Å²) in [6.07, 6.45) is 2.05. The molecular weight excluding hydrogens is 332 g/mol. The Morgan fingerprint density at radius 1 is 1.31 bits per heavy atom. The molecular formula is C20H28N2O4. The molecule has 26 heavy (non-hydrogen) atoms. The van der Waals surface area contributed by atoms with E-state index in [9.17, 15) is 9.59 Å². The summed E-state index contributed by atoms with van der Waals surface area (Å²) >= 11 is 0. The van der Waals surface area contributed by atoms with Gasteiger partial charge in [0.15, 0.2) is 6.10 Å². The molecule has 3 rings (SSSR count). The number of ether oxygens (including phenoxy) is 2. The number of hydrogen-bond acceptors (Lipinski definition) is 4. The van der Waals surface area contributed by atoms with Gasteiger partial charge in [-0.05, 0) is 50.8 Å². The highest BCUT2D eigenvalue weighted by Gasteiger charge is 2.47. The van der Waals surface area contributed by atoms with Gasteiger partial charge in [0.2, 0.25) is 5.91 Å². The molecule has 0 radical (unpaired) electrons. The lowest BCUT2D eigenvalue weighted by Gasteiger charge is -2.41. The maximum absolute atomic E-state index is 13.0. The van der Waals surface area contributed by atoms with E-state index in [2.05, 4.69) is 5.32 Å². The highest BCUT2D eigenvalue weighted by atomic mass is 16.5. The van der Waals surface area contributed by atoms with Gasteiger partial charge < -0.3 is 19.7 Å². The molecule has 0 bridgehead atoms. The Hall–Kier alpha value is -2.08. The fraction of sp³-hybridized carbons (Fsp3) is 0.600. The molecule has 6 nitrogen and oxygen atoms in total. The molecule has 2 aliphatic rings. The van der Waals surface area contributed by atoms with E-state index in [4.69, 9.17) is 9.47 Å². The van der Waals surface area contributed by atoms with Gasteiger partial charge in [0.05, 0.1) is 13.2 Å². The summed E-state index contributed by atoms with van der Waals surface area (Å²) in [5.74, 6) is 0.519. The molecule has 6 heteroatoms. The number of carbonyl (C=O) groups excluding carboxylic acids is 2. The summed E-state index contributed by atoms with van der Waals surface area (Å²) in [7, 11) is 1.61. The van der Waals surface area contributed by atoms with Gasteiger partial charge in [-0.25, -0.2) is 0 Å². The molecule has 1 saturated heterocycles. The molecule has 2 fully saturated rings. The minimum atomic E-state index is -0.715.